The third kappa shape index (κ3) is 37.0. The van der Waals surface area contributed by atoms with E-state index >= 15 is 0 Å². The number of unbranched alkanes of at least 4 members (excludes halogenated alkanes) is 15. The number of nitrogens with one attached hydrogen (secondary N) is 2. The van der Waals surface area contributed by atoms with E-state index in [1.807, 2.05) is 0 Å². The fourth-order valence-corrected chi connectivity index (χ4v) is 7.40. The van der Waals surface area contributed by atoms with Crippen molar-refractivity contribution >= 4 is 47.0 Å². The minimum absolute atomic E-state index is 0. The van der Waals surface area contributed by atoms with Gasteiger partial charge in [-0.3, -0.25) is 33.6 Å². The first-order valence-electron chi connectivity index (χ1n) is 24.5. The standard InChI is InChI=1S/C48H86N4O13.2H2/c1-37(35-53)42(55)33-38(43(56)34-39(47(50)61)22-16-18-28-49)21-17-19-29-51-45(58)36-65-32-31-64-30-20-23-40(54)26-27-41(48(62)63)52-44(57)24-14-12-10-8-6-4-2-3-5-7-9-11-13-15-25-46(59)60;;/h37-39,41,53H,2-36,49H2,1H3,(H2,50,61)(H,51,58)(H,52,57)(H,59,60)(H,62,63);2*1H/t37-,38-,39-,41+;;/m1../s1. The molecule has 0 aliphatic carbocycles. The fourth-order valence-electron chi connectivity index (χ4n) is 7.40. The van der Waals surface area contributed by atoms with Crippen LogP contribution in [0.3, 0.4) is 0 Å². The van der Waals surface area contributed by atoms with Crippen molar-refractivity contribution in [3.8, 4) is 0 Å². The molecule has 0 radical (unpaired) electrons. The van der Waals surface area contributed by atoms with Gasteiger partial charge in [0.2, 0.25) is 17.7 Å². The maximum absolute atomic E-state index is 13.2. The second-order valence-electron chi connectivity index (χ2n) is 17.5. The highest BCUT2D eigenvalue weighted by Gasteiger charge is 2.28. The van der Waals surface area contributed by atoms with Gasteiger partial charge in [0.25, 0.3) is 0 Å². The number of ketones is 3. The molecule has 0 aromatic heterocycles. The molecule has 17 heteroatoms. The third-order valence-electron chi connectivity index (χ3n) is 11.6. The summed E-state index contributed by atoms with van der Waals surface area (Å²) >= 11 is 0. The SMILES string of the molecule is C[C@H](CO)C(=O)C[C@@H](CCCCNC(=O)COCCOCCCC(=O)CC[C@H](NC(=O)CCCCCCCCCCCCCCCCC(=O)O)C(=O)O)C(=O)C[C@@H](CCCCN)C(N)=O.[HH].[HH]. The molecule has 3 amide bonds. The van der Waals surface area contributed by atoms with Gasteiger partial charge in [0.15, 0.2) is 0 Å². The van der Waals surface area contributed by atoms with E-state index in [1.54, 1.807) is 6.92 Å². The fraction of sp³-hybridized carbons (Fsp3) is 0.833. The molecule has 65 heavy (non-hydrogen) atoms. The molecule has 0 heterocycles. The molecule has 17 nitrogen and oxygen atoms in total. The molecular weight excluding hydrogens is 841 g/mol. The molecule has 0 saturated heterocycles. The summed E-state index contributed by atoms with van der Waals surface area (Å²) in [5, 5.41) is 32.9. The highest BCUT2D eigenvalue weighted by Crippen LogP contribution is 2.23. The van der Waals surface area contributed by atoms with Crippen LogP contribution in [0.5, 0.6) is 0 Å². The van der Waals surface area contributed by atoms with Gasteiger partial charge in [-0.15, -0.1) is 0 Å². The van der Waals surface area contributed by atoms with E-state index in [2.05, 4.69) is 10.6 Å². The number of nitrogens with two attached hydrogens (primary N) is 2. The molecule has 0 spiro atoms. The number of hydrogen-bond acceptors (Lipinski definition) is 12. The number of rotatable bonds is 48. The molecule has 0 saturated carbocycles. The first kappa shape index (κ1) is 61.2. The van der Waals surface area contributed by atoms with Gasteiger partial charge in [-0.2, -0.15) is 0 Å². The number of carbonyl (C=O) groups excluding carboxylic acids is 6. The molecule has 0 aliphatic heterocycles. The lowest BCUT2D eigenvalue weighted by atomic mass is 9.84. The van der Waals surface area contributed by atoms with Crippen LogP contribution in [-0.4, -0.2) is 114 Å². The zero-order chi connectivity index (χ0) is 48.5. The van der Waals surface area contributed by atoms with E-state index in [1.165, 1.54) is 38.5 Å². The summed E-state index contributed by atoms with van der Waals surface area (Å²) in [6.45, 7) is 2.56. The van der Waals surface area contributed by atoms with Crippen LogP contribution in [0, 0.1) is 17.8 Å². The Bertz CT molecular complexity index is 1360. The second kappa shape index (κ2) is 41.6. The minimum Gasteiger partial charge on any atom is -0.481 e. The van der Waals surface area contributed by atoms with Crippen molar-refractivity contribution in [3.63, 3.8) is 0 Å². The number of carboxylic acid groups (broad SMARTS) is 2. The first-order chi connectivity index (χ1) is 31.2. The lowest BCUT2D eigenvalue weighted by Crippen LogP contribution is -2.41. The Morgan fingerprint density at radius 2 is 1.11 bits per heavy atom. The van der Waals surface area contributed by atoms with Crippen LogP contribution in [0.1, 0.15) is 190 Å². The van der Waals surface area contributed by atoms with Crippen LogP contribution in [-0.2, 0) is 47.8 Å². The molecule has 0 unspecified atom stereocenters. The largest absolute Gasteiger partial charge is 0.481 e. The van der Waals surface area contributed by atoms with E-state index < -0.39 is 41.6 Å². The molecule has 4 atom stereocenters. The number of ether oxygens (including phenoxy) is 2. The number of amides is 3. The summed E-state index contributed by atoms with van der Waals surface area (Å²) in [6, 6.07) is -1.12. The van der Waals surface area contributed by atoms with Crippen molar-refractivity contribution in [2.45, 2.75) is 193 Å². The predicted octanol–water partition coefficient (Wildman–Crippen LogP) is 6.22. The molecule has 0 aromatic carbocycles. The zero-order valence-corrected chi connectivity index (χ0v) is 39.6. The third-order valence-corrected chi connectivity index (χ3v) is 11.6. The lowest BCUT2D eigenvalue weighted by Gasteiger charge is -2.20. The number of carbonyl (C=O) groups is 8. The Labute approximate surface area is 391 Å². The lowest BCUT2D eigenvalue weighted by molar-refractivity contribution is -0.142. The van der Waals surface area contributed by atoms with Gasteiger partial charge in [-0.05, 0) is 57.9 Å². The summed E-state index contributed by atoms with van der Waals surface area (Å²) in [4.78, 5) is 96.9. The Hall–Kier alpha value is -3.80. The minimum atomic E-state index is -1.17. The number of aliphatic hydroxyl groups is 1. The normalized spacial score (nSPS) is 13.1. The van der Waals surface area contributed by atoms with Gasteiger partial charge in [-0.1, -0.05) is 96.8 Å². The number of Topliss-reactive ketones (excluding diaryl/α,β-unsaturated/α-hetero) is 3. The van der Waals surface area contributed by atoms with E-state index in [9.17, 15) is 48.6 Å². The van der Waals surface area contributed by atoms with Crippen molar-refractivity contribution in [1.29, 1.82) is 0 Å². The van der Waals surface area contributed by atoms with Crippen LogP contribution in [0.15, 0.2) is 0 Å². The van der Waals surface area contributed by atoms with Gasteiger partial charge in [0.1, 0.15) is 30.0 Å². The van der Waals surface area contributed by atoms with Gasteiger partial charge in [-0.25, -0.2) is 4.79 Å². The van der Waals surface area contributed by atoms with Crippen LogP contribution in [0.2, 0.25) is 0 Å². The van der Waals surface area contributed by atoms with E-state index in [-0.39, 0.29) is 110 Å². The topological polar surface area (TPSA) is 292 Å². The maximum atomic E-state index is 13.2. The Morgan fingerprint density at radius 3 is 1.66 bits per heavy atom. The van der Waals surface area contributed by atoms with Gasteiger partial charge in [0, 0.05) is 72.3 Å². The smallest absolute Gasteiger partial charge is 0.326 e. The van der Waals surface area contributed by atoms with Gasteiger partial charge in [0.05, 0.1) is 19.8 Å². The van der Waals surface area contributed by atoms with Gasteiger partial charge >= 0.3 is 11.9 Å². The molecule has 0 fully saturated rings. The summed E-state index contributed by atoms with van der Waals surface area (Å²) in [5.41, 5.74) is 11.1. The number of carboxylic acids is 2. The predicted molar refractivity (Wildman–Crippen MR) is 252 cm³/mol. The second-order valence-corrected chi connectivity index (χ2v) is 17.5. The monoisotopic (exact) mass is 931 g/mol. The zero-order valence-electron chi connectivity index (χ0n) is 39.6. The molecular formula is C48H90N4O13. The highest BCUT2D eigenvalue weighted by molar-refractivity contribution is 5.91. The van der Waals surface area contributed by atoms with Crippen molar-refractivity contribution in [1.82, 2.24) is 10.6 Å². The van der Waals surface area contributed by atoms with E-state index in [0.29, 0.717) is 64.5 Å². The van der Waals surface area contributed by atoms with Crippen LogP contribution in [0.25, 0.3) is 0 Å². The van der Waals surface area contributed by atoms with Crippen LogP contribution in [0.4, 0.5) is 0 Å². The molecule has 380 valence electrons. The van der Waals surface area contributed by atoms with Crippen molar-refractivity contribution in [2.24, 2.45) is 29.2 Å². The van der Waals surface area contributed by atoms with Crippen molar-refractivity contribution in [3.05, 3.63) is 0 Å². The summed E-state index contributed by atoms with van der Waals surface area (Å²) in [5.74, 6) is -5.50. The molecule has 0 aliphatic rings. The van der Waals surface area contributed by atoms with Crippen molar-refractivity contribution in [2.75, 3.05) is 46.1 Å². The first-order valence-corrected chi connectivity index (χ1v) is 24.5. The number of aliphatic hydroxyl groups excluding tert-OH is 1. The van der Waals surface area contributed by atoms with E-state index in [4.69, 9.17) is 26.0 Å². The Balaban J connectivity index is -0.0000205. The number of primary amides is 1. The average molecular weight is 931 g/mol. The van der Waals surface area contributed by atoms with Crippen molar-refractivity contribution < 1.29 is 66.0 Å². The van der Waals surface area contributed by atoms with Crippen LogP contribution >= 0.6 is 0 Å². The highest BCUT2D eigenvalue weighted by atomic mass is 16.5. The number of aliphatic carboxylic acids is 2. The number of hydrogen-bond donors (Lipinski definition) is 7. The quantitative estimate of drug-likeness (QED) is 0.0334. The Morgan fingerprint density at radius 1 is 0.569 bits per heavy atom. The molecule has 9 N–H and O–H groups in total. The summed E-state index contributed by atoms with van der Waals surface area (Å²) in [7, 11) is 0. The van der Waals surface area contributed by atoms with Crippen LogP contribution < -0.4 is 22.1 Å². The molecule has 0 bridgehead atoms. The van der Waals surface area contributed by atoms with Gasteiger partial charge < -0.3 is 46.9 Å². The summed E-state index contributed by atoms with van der Waals surface area (Å²) < 4.78 is 10.9. The summed E-state index contributed by atoms with van der Waals surface area (Å²) in [6.07, 6.45) is 19.4. The molecule has 0 aromatic rings. The Kier molecular flexibility index (Phi) is 39.2. The molecule has 0 rings (SSSR count). The maximum Gasteiger partial charge on any atom is 0.326 e. The average Bonchev–Trinajstić information content (AvgIpc) is 3.26. The van der Waals surface area contributed by atoms with E-state index in [0.717, 1.165) is 44.9 Å².